The monoisotopic (exact) mass is 224 g/mol. The van der Waals surface area contributed by atoms with E-state index in [1.807, 2.05) is 18.2 Å². The Kier molecular flexibility index (Phi) is 3.29. The summed E-state index contributed by atoms with van der Waals surface area (Å²) in [7, 11) is 1.70. The Labute approximate surface area is 102 Å². The lowest BCUT2D eigenvalue weighted by Crippen LogP contribution is -1.89. The van der Waals surface area contributed by atoms with Gasteiger partial charge in [0.25, 0.3) is 0 Å². The standard InChI is InChI=1S/C16H16O/c1-4-13-7-10-16(17-3)15(11-13)14-8-5-12(2)6-9-14/h4-11H,1H2,2-3H3. The molecule has 1 heteroatoms. The van der Waals surface area contributed by atoms with E-state index in [9.17, 15) is 0 Å². The smallest absolute Gasteiger partial charge is 0.126 e. The SMILES string of the molecule is C=Cc1ccc(OC)c(-c2ccc(C)cc2)c1. The highest BCUT2D eigenvalue weighted by atomic mass is 16.5. The number of ether oxygens (including phenoxy) is 1. The highest BCUT2D eigenvalue weighted by molar-refractivity contribution is 5.73. The van der Waals surface area contributed by atoms with Gasteiger partial charge in [0.2, 0.25) is 0 Å². The average Bonchev–Trinajstić information content (AvgIpc) is 2.39. The molecule has 17 heavy (non-hydrogen) atoms. The van der Waals surface area contributed by atoms with Crippen molar-refractivity contribution >= 4 is 6.08 Å². The Morgan fingerprint density at radius 2 is 1.76 bits per heavy atom. The van der Waals surface area contributed by atoms with E-state index in [4.69, 9.17) is 4.74 Å². The van der Waals surface area contributed by atoms with Crippen molar-refractivity contribution in [3.8, 4) is 16.9 Å². The molecule has 86 valence electrons. The zero-order valence-electron chi connectivity index (χ0n) is 10.2. The van der Waals surface area contributed by atoms with Crippen LogP contribution in [-0.2, 0) is 0 Å². The zero-order chi connectivity index (χ0) is 12.3. The van der Waals surface area contributed by atoms with Crippen LogP contribution < -0.4 is 4.74 Å². The van der Waals surface area contributed by atoms with Crippen LogP contribution in [0.3, 0.4) is 0 Å². The van der Waals surface area contributed by atoms with Gasteiger partial charge in [-0.05, 0) is 30.2 Å². The molecule has 0 atom stereocenters. The number of methoxy groups -OCH3 is 1. The molecule has 0 bridgehead atoms. The lowest BCUT2D eigenvalue weighted by atomic mass is 10.0. The Hall–Kier alpha value is -2.02. The molecule has 0 radical (unpaired) electrons. The summed E-state index contributed by atoms with van der Waals surface area (Å²) in [5.41, 5.74) is 4.62. The molecule has 2 aromatic carbocycles. The van der Waals surface area contributed by atoms with E-state index in [1.165, 1.54) is 5.56 Å². The van der Waals surface area contributed by atoms with Crippen molar-refractivity contribution in [1.29, 1.82) is 0 Å². The summed E-state index contributed by atoms with van der Waals surface area (Å²) in [6.45, 7) is 5.88. The van der Waals surface area contributed by atoms with E-state index >= 15 is 0 Å². The van der Waals surface area contributed by atoms with Crippen LogP contribution in [0.1, 0.15) is 11.1 Å². The topological polar surface area (TPSA) is 9.23 Å². The third-order valence-corrected chi connectivity index (χ3v) is 2.82. The van der Waals surface area contributed by atoms with Gasteiger partial charge in [-0.25, -0.2) is 0 Å². The quantitative estimate of drug-likeness (QED) is 0.754. The van der Waals surface area contributed by atoms with Crippen LogP contribution in [0.25, 0.3) is 17.2 Å². The Balaban J connectivity index is 2.55. The van der Waals surface area contributed by atoms with Gasteiger partial charge < -0.3 is 4.74 Å². The van der Waals surface area contributed by atoms with Gasteiger partial charge in [-0.15, -0.1) is 0 Å². The fraction of sp³-hybridized carbons (Fsp3) is 0.125. The van der Waals surface area contributed by atoms with E-state index in [-0.39, 0.29) is 0 Å². The van der Waals surface area contributed by atoms with E-state index in [2.05, 4.69) is 43.8 Å². The number of aryl methyl sites for hydroxylation is 1. The molecular formula is C16H16O. The molecule has 0 N–H and O–H groups in total. The maximum atomic E-state index is 5.40. The molecule has 0 amide bonds. The summed E-state index contributed by atoms with van der Waals surface area (Å²) in [5.74, 6) is 0.888. The highest BCUT2D eigenvalue weighted by Gasteiger charge is 2.05. The summed E-state index contributed by atoms with van der Waals surface area (Å²) in [6, 6.07) is 14.5. The van der Waals surface area contributed by atoms with Crippen LogP contribution in [0.2, 0.25) is 0 Å². The first-order valence-electron chi connectivity index (χ1n) is 5.62. The van der Waals surface area contributed by atoms with Crippen molar-refractivity contribution in [3.63, 3.8) is 0 Å². The lowest BCUT2D eigenvalue weighted by molar-refractivity contribution is 0.416. The minimum atomic E-state index is 0.888. The van der Waals surface area contributed by atoms with Crippen molar-refractivity contribution in [2.45, 2.75) is 6.92 Å². The predicted octanol–water partition coefficient (Wildman–Crippen LogP) is 4.31. The first-order chi connectivity index (χ1) is 8.24. The second-order valence-corrected chi connectivity index (χ2v) is 4.03. The summed E-state index contributed by atoms with van der Waals surface area (Å²) >= 11 is 0. The van der Waals surface area contributed by atoms with Crippen molar-refractivity contribution in [2.24, 2.45) is 0 Å². The molecule has 2 aromatic rings. The van der Waals surface area contributed by atoms with Crippen LogP contribution in [0.15, 0.2) is 49.0 Å². The van der Waals surface area contributed by atoms with Gasteiger partial charge in [0.15, 0.2) is 0 Å². The second kappa shape index (κ2) is 4.88. The van der Waals surface area contributed by atoms with E-state index in [1.54, 1.807) is 7.11 Å². The van der Waals surface area contributed by atoms with Crippen molar-refractivity contribution in [2.75, 3.05) is 7.11 Å². The molecular weight excluding hydrogens is 208 g/mol. The van der Waals surface area contributed by atoms with Gasteiger partial charge in [-0.1, -0.05) is 48.6 Å². The van der Waals surface area contributed by atoms with E-state index < -0.39 is 0 Å². The maximum absolute atomic E-state index is 5.40. The average molecular weight is 224 g/mol. The van der Waals surface area contributed by atoms with Crippen LogP contribution in [0.4, 0.5) is 0 Å². The molecule has 0 saturated heterocycles. The van der Waals surface area contributed by atoms with Crippen LogP contribution in [0.5, 0.6) is 5.75 Å². The van der Waals surface area contributed by atoms with Crippen LogP contribution >= 0.6 is 0 Å². The van der Waals surface area contributed by atoms with Gasteiger partial charge in [-0.2, -0.15) is 0 Å². The van der Waals surface area contributed by atoms with Crippen molar-refractivity contribution in [1.82, 2.24) is 0 Å². The zero-order valence-corrected chi connectivity index (χ0v) is 10.2. The number of rotatable bonds is 3. The predicted molar refractivity (Wildman–Crippen MR) is 73.3 cm³/mol. The molecule has 1 nitrogen and oxygen atoms in total. The van der Waals surface area contributed by atoms with Gasteiger partial charge in [0, 0.05) is 5.56 Å². The molecule has 0 aromatic heterocycles. The van der Waals surface area contributed by atoms with Crippen LogP contribution in [-0.4, -0.2) is 7.11 Å². The first kappa shape index (κ1) is 11.5. The normalized spacial score (nSPS) is 10.0. The second-order valence-electron chi connectivity index (χ2n) is 4.03. The van der Waals surface area contributed by atoms with Gasteiger partial charge in [-0.3, -0.25) is 0 Å². The minimum absolute atomic E-state index is 0.888. The Morgan fingerprint density at radius 1 is 1.06 bits per heavy atom. The number of hydrogen-bond donors (Lipinski definition) is 0. The molecule has 0 aliphatic heterocycles. The summed E-state index contributed by atoms with van der Waals surface area (Å²) in [4.78, 5) is 0. The van der Waals surface area contributed by atoms with Gasteiger partial charge in [0.05, 0.1) is 7.11 Å². The van der Waals surface area contributed by atoms with Gasteiger partial charge >= 0.3 is 0 Å². The Morgan fingerprint density at radius 3 is 2.35 bits per heavy atom. The molecule has 0 saturated carbocycles. The fourth-order valence-electron chi connectivity index (χ4n) is 1.81. The third-order valence-electron chi connectivity index (χ3n) is 2.82. The lowest BCUT2D eigenvalue weighted by Gasteiger charge is -2.10. The fourth-order valence-corrected chi connectivity index (χ4v) is 1.81. The molecule has 0 spiro atoms. The van der Waals surface area contributed by atoms with E-state index in [0.717, 1.165) is 22.4 Å². The van der Waals surface area contributed by atoms with Gasteiger partial charge in [0.1, 0.15) is 5.75 Å². The molecule has 2 rings (SSSR count). The molecule has 0 unspecified atom stereocenters. The molecule has 0 aliphatic carbocycles. The van der Waals surface area contributed by atoms with Crippen molar-refractivity contribution in [3.05, 3.63) is 60.2 Å². The summed E-state index contributed by atoms with van der Waals surface area (Å²) in [5, 5.41) is 0. The first-order valence-corrected chi connectivity index (χ1v) is 5.62. The van der Waals surface area contributed by atoms with Crippen molar-refractivity contribution < 1.29 is 4.74 Å². The van der Waals surface area contributed by atoms with E-state index in [0.29, 0.717) is 0 Å². The molecule has 0 aliphatic rings. The highest BCUT2D eigenvalue weighted by Crippen LogP contribution is 2.31. The molecule has 0 heterocycles. The number of hydrogen-bond acceptors (Lipinski definition) is 1. The third kappa shape index (κ3) is 2.39. The largest absolute Gasteiger partial charge is 0.496 e. The molecule has 0 fully saturated rings. The maximum Gasteiger partial charge on any atom is 0.126 e. The van der Waals surface area contributed by atoms with Crippen LogP contribution in [0, 0.1) is 6.92 Å². The Bertz CT molecular complexity index is 524. The summed E-state index contributed by atoms with van der Waals surface area (Å²) in [6.07, 6.45) is 1.84. The summed E-state index contributed by atoms with van der Waals surface area (Å²) < 4.78 is 5.40. The number of benzene rings is 2. The minimum Gasteiger partial charge on any atom is -0.496 e.